The highest BCUT2D eigenvalue weighted by molar-refractivity contribution is 5.85. The average Bonchev–Trinajstić information content (AvgIpc) is 1.91. The van der Waals surface area contributed by atoms with Gasteiger partial charge in [-0.3, -0.25) is 4.99 Å². The lowest BCUT2D eigenvalue weighted by molar-refractivity contribution is 0.931. The van der Waals surface area contributed by atoms with Gasteiger partial charge in [0.25, 0.3) is 0 Å². The van der Waals surface area contributed by atoms with Crippen LogP contribution >= 0.6 is 0 Å². The highest BCUT2D eigenvalue weighted by atomic mass is 14.7. The Morgan fingerprint density at radius 2 is 2.56 bits per heavy atom. The molecule has 0 atom stereocenters. The molecule has 0 aromatic carbocycles. The van der Waals surface area contributed by atoms with Crippen molar-refractivity contribution in [3.63, 3.8) is 0 Å². The first-order valence-corrected chi connectivity index (χ1v) is 3.64. The minimum atomic E-state index is 1.18. The first-order chi connectivity index (χ1) is 4.43. The molecule has 0 radical (unpaired) electrons. The fourth-order valence-electron chi connectivity index (χ4n) is 1.03. The van der Waals surface area contributed by atoms with Crippen LogP contribution in [0.1, 0.15) is 32.6 Å². The van der Waals surface area contributed by atoms with E-state index in [2.05, 4.69) is 18.0 Å². The molecule has 0 aromatic heterocycles. The van der Waals surface area contributed by atoms with Crippen LogP contribution in [-0.4, -0.2) is 5.71 Å². The van der Waals surface area contributed by atoms with Crippen molar-refractivity contribution in [1.29, 1.82) is 0 Å². The zero-order valence-corrected chi connectivity index (χ0v) is 5.93. The highest BCUT2D eigenvalue weighted by Crippen LogP contribution is 2.06. The normalized spacial score (nSPS) is 17.7. The Bertz CT molecular complexity index is 134. The molecule has 0 unspecified atom stereocenters. The molecular formula is C8H13N. The lowest BCUT2D eigenvalue weighted by Crippen LogP contribution is -1.98. The molecule has 0 N–H and O–H groups in total. The predicted octanol–water partition coefficient (Wildman–Crippen LogP) is 2.54. The van der Waals surface area contributed by atoms with Crippen molar-refractivity contribution in [1.82, 2.24) is 0 Å². The highest BCUT2D eigenvalue weighted by Gasteiger charge is 1.97. The maximum atomic E-state index is 4.26. The zero-order valence-electron chi connectivity index (χ0n) is 5.93. The molecule has 0 fully saturated rings. The molecule has 0 bridgehead atoms. The third-order valence-corrected chi connectivity index (χ3v) is 1.50. The number of rotatable bonds is 2. The standard InChI is InChI=1S/C8H13N/c1-2-5-8-6-3-4-7-9-8/h4,7H,2-3,5-6H2,1H3. The van der Waals surface area contributed by atoms with Gasteiger partial charge in [-0.15, -0.1) is 0 Å². The van der Waals surface area contributed by atoms with E-state index in [9.17, 15) is 0 Å². The first kappa shape index (κ1) is 6.53. The number of allylic oxidation sites excluding steroid dienone is 1. The molecule has 0 aromatic rings. The monoisotopic (exact) mass is 123 g/mol. The van der Waals surface area contributed by atoms with E-state index in [4.69, 9.17) is 0 Å². The molecular weight excluding hydrogens is 110 g/mol. The maximum Gasteiger partial charge on any atom is 0.0227 e. The van der Waals surface area contributed by atoms with Gasteiger partial charge < -0.3 is 0 Å². The molecule has 0 saturated carbocycles. The summed E-state index contributed by atoms with van der Waals surface area (Å²) in [7, 11) is 0. The SMILES string of the molecule is CCCC1=NC=CCC1. The molecule has 1 heteroatoms. The summed E-state index contributed by atoms with van der Waals surface area (Å²) in [5.74, 6) is 0. The summed E-state index contributed by atoms with van der Waals surface area (Å²) in [6.45, 7) is 2.20. The third-order valence-electron chi connectivity index (χ3n) is 1.50. The Hall–Kier alpha value is -0.590. The number of hydrogen-bond donors (Lipinski definition) is 0. The van der Waals surface area contributed by atoms with E-state index < -0.39 is 0 Å². The van der Waals surface area contributed by atoms with Gasteiger partial charge in [0.05, 0.1) is 0 Å². The molecule has 1 heterocycles. The molecule has 1 rings (SSSR count). The molecule has 1 aliphatic heterocycles. The Balaban J connectivity index is 2.38. The lowest BCUT2D eigenvalue weighted by atomic mass is 10.1. The van der Waals surface area contributed by atoms with E-state index in [0.717, 1.165) is 0 Å². The van der Waals surface area contributed by atoms with Crippen LogP contribution in [-0.2, 0) is 0 Å². The Kier molecular flexibility index (Phi) is 2.49. The van der Waals surface area contributed by atoms with Gasteiger partial charge in [-0.2, -0.15) is 0 Å². The average molecular weight is 123 g/mol. The summed E-state index contributed by atoms with van der Waals surface area (Å²) in [6.07, 6.45) is 8.84. The fraction of sp³-hybridized carbons (Fsp3) is 0.625. The van der Waals surface area contributed by atoms with Gasteiger partial charge >= 0.3 is 0 Å². The van der Waals surface area contributed by atoms with Crippen LogP contribution in [0.4, 0.5) is 0 Å². The van der Waals surface area contributed by atoms with Crippen molar-refractivity contribution in [2.24, 2.45) is 4.99 Å². The van der Waals surface area contributed by atoms with Crippen molar-refractivity contribution in [2.75, 3.05) is 0 Å². The van der Waals surface area contributed by atoms with Crippen molar-refractivity contribution < 1.29 is 0 Å². The second-order valence-electron chi connectivity index (χ2n) is 2.37. The second kappa shape index (κ2) is 3.44. The Morgan fingerprint density at radius 3 is 3.11 bits per heavy atom. The van der Waals surface area contributed by atoms with Gasteiger partial charge in [0, 0.05) is 11.9 Å². The summed E-state index contributed by atoms with van der Waals surface area (Å²) in [5.41, 5.74) is 1.38. The Labute approximate surface area is 56.5 Å². The van der Waals surface area contributed by atoms with Gasteiger partial charge in [-0.1, -0.05) is 19.4 Å². The molecule has 1 nitrogen and oxygen atoms in total. The number of hydrogen-bond acceptors (Lipinski definition) is 1. The third kappa shape index (κ3) is 2.00. The van der Waals surface area contributed by atoms with Crippen molar-refractivity contribution in [2.45, 2.75) is 32.6 Å². The summed E-state index contributed by atoms with van der Waals surface area (Å²) >= 11 is 0. The van der Waals surface area contributed by atoms with Crippen LogP contribution in [0.3, 0.4) is 0 Å². The summed E-state index contributed by atoms with van der Waals surface area (Å²) in [4.78, 5) is 4.26. The predicted molar refractivity (Wildman–Crippen MR) is 40.7 cm³/mol. The molecule has 50 valence electrons. The molecule has 0 aliphatic carbocycles. The van der Waals surface area contributed by atoms with E-state index in [-0.39, 0.29) is 0 Å². The van der Waals surface area contributed by atoms with E-state index in [0.29, 0.717) is 0 Å². The molecule has 0 saturated heterocycles. The number of aliphatic imine (C=N–C) groups is 1. The molecule has 1 aliphatic rings. The Morgan fingerprint density at radius 1 is 1.67 bits per heavy atom. The lowest BCUT2D eigenvalue weighted by Gasteiger charge is -2.04. The molecule has 0 amide bonds. The summed E-state index contributed by atoms with van der Waals surface area (Å²) < 4.78 is 0. The van der Waals surface area contributed by atoms with Crippen LogP contribution in [0.15, 0.2) is 17.3 Å². The van der Waals surface area contributed by atoms with Crippen LogP contribution in [0.25, 0.3) is 0 Å². The van der Waals surface area contributed by atoms with Crippen LogP contribution < -0.4 is 0 Å². The second-order valence-corrected chi connectivity index (χ2v) is 2.37. The van der Waals surface area contributed by atoms with Crippen molar-refractivity contribution in [3.05, 3.63) is 12.3 Å². The maximum absolute atomic E-state index is 4.26. The molecule has 9 heavy (non-hydrogen) atoms. The first-order valence-electron chi connectivity index (χ1n) is 3.64. The number of nitrogens with zero attached hydrogens (tertiary/aromatic N) is 1. The summed E-state index contributed by atoms with van der Waals surface area (Å²) in [6, 6.07) is 0. The van der Waals surface area contributed by atoms with Crippen molar-refractivity contribution >= 4 is 5.71 Å². The van der Waals surface area contributed by atoms with Crippen LogP contribution in [0.2, 0.25) is 0 Å². The van der Waals surface area contributed by atoms with Gasteiger partial charge in [0.1, 0.15) is 0 Å². The van der Waals surface area contributed by atoms with E-state index in [1.54, 1.807) is 0 Å². The quantitative estimate of drug-likeness (QED) is 0.535. The van der Waals surface area contributed by atoms with Crippen LogP contribution in [0, 0.1) is 0 Å². The van der Waals surface area contributed by atoms with Crippen LogP contribution in [0.5, 0.6) is 0 Å². The topological polar surface area (TPSA) is 12.4 Å². The van der Waals surface area contributed by atoms with Gasteiger partial charge in [-0.25, -0.2) is 0 Å². The minimum absolute atomic E-state index is 1.18. The van der Waals surface area contributed by atoms with Crippen molar-refractivity contribution in [3.8, 4) is 0 Å². The van der Waals surface area contributed by atoms with E-state index in [1.807, 2.05) is 6.20 Å². The van der Waals surface area contributed by atoms with E-state index >= 15 is 0 Å². The van der Waals surface area contributed by atoms with Gasteiger partial charge in [-0.05, 0) is 19.3 Å². The zero-order chi connectivity index (χ0) is 6.53. The summed E-state index contributed by atoms with van der Waals surface area (Å²) in [5, 5.41) is 0. The molecule has 0 spiro atoms. The smallest absolute Gasteiger partial charge is 0.0227 e. The minimum Gasteiger partial charge on any atom is -0.266 e. The fourth-order valence-corrected chi connectivity index (χ4v) is 1.03. The van der Waals surface area contributed by atoms with Gasteiger partial charge in [0.2, 0.25) is 0 Å². The van der Waals surface area contributed by atoms with Gasteiger partial charge in [0.15, 0.2) is 0 Å². The largest absolute Gasteiger partial charge is 0.266 e. The van der Waals surface area contributed by atoms with E-state index in [1.165, 1.54) is 31.4 Å².